The number of benzene rings is 2. The predicted octanol–water partition coefficient (Wildman–Crippen LogP) is 3.84. The Morgan fingerprint density at radius 2 is 1.96 bits per heavy atom. The number of Topliss-reactive ketones (excluding diaryl/α,β-unsaturated/α-hetero) is 1. The van der Waals surface area contributed by atoms with Gasteiger partial charge in [0.2, 0.25) is 5.91 Å². The highest BCUT2D eigenvalue weighted by atomic mass is 19.1. The number of nitrogens with zero attached hydrogens (tertiary/aromatic N) is 2. The number of rotatable bonds is 4. The summed E-state index contributed by atoms with van der Waals surface area (Å²) in [4.78, 5) is 36.0. The quantitative estimate of drug-likeness (QED) is 0.490. The summed E-state index contributed by atoms with van der Waals surface area (Å²) in [6.45, 7) is 3.52. The van der Waals surface area contributed by atoms with Crippen LogP contribution in [0.15, 0.2) is 36.4 Å². The van der Waals surface area contributed by atoms with Crippen LogP contribution in [0, 0.1) is 15.9 Å². The molecule has 0 radical (unpaired) electrons. The van der Waals surface area contributed by atoms with Crippen molar-refractivity contribution in [1.29, 1.82) is 0 Å². The number of carbonyl (C=O) groups is 2. The fourth-order valence-corrected chi connectivity index (χ4v) is 3.41. The number of nitro groups is 1. The van der Waals surface area contributed by atoms with Gasteiger partial charge in [0, 0.05) is 31.6 Å². The fourth-order valence-electron chi connectivity index (χ4n) is 3.41. The van der Waals surface area contributed by atoms with E-state index < -0.39 is 10.7 Å². The Bertz CT molecular complexity index is 960. The van der Waals surface area contributed by atoms with Gasteiger partial charge in [-0.25, -0.2) is 4.39 Å². The molecule has 28 heavy (non-hydrogen) atoms. The van der Waals surface area contributed by atoms with Crippen LogP contribution in [0.1, 0.15) is 47.8 Å². The number of nitro benzene ring substituents is 1. The van der Waals surface area contributed by atoms with Crippen LogP contribution in [-0.4, -0.2) is 28.1 Å². The third-order valence-corrected chi connectivity index (χ3v) is 4.91. The maximum absolute atomic E-state index is 13.8. The van der Waals surface area contributed by atoms with Gasteiger partial charge in [-0.05, 0) is 48.7 Å². The molecule has 1 heterocycles. The first-order chi connectivity index (χ1) is 13.3. The fraction of sp³-hybridized carbons (Fsp3) is 0.300. The molecule has 1 N–H and O–H groups in total. The first-order valence-electron chi connectivity index (χ1n) is 8.86. The van der Waals surface area contributed by atoms with Crippen LogP contribution < -0.4 is 5.32 Å². The molecule has 1 unspecified atom stereocenters. The molecule has 0 aliphatic carbocycles. The van der Waals surface area contributed by atoms with Crippen LogP contribution in [0.4, 0.5) is 15.8 Å². The number of carbonyl (C=O) groups excluding carboxylic acids is 2. The Labute approximate surface area is 161 Å². The van der Waals surface area contributed by atoms with Crippen LogP contribution >= 0.6 is 0 Å². The lowest BCUT2D eigenvalue weighted by atomic mass is 9.98. The van der Waals surface area contributed by atoms with Crippen molar-refractivity contribution in [3.8, 4) is 0 Å². The summed E-state index contributed by atoms with van der Waals surface area (Å²) in [6, 6.07) is 8.30. The molecule has 0 bridgehead atoms. The summed E-state index contributed by atoms with van der Waals surface area (Å²) in [5.41, 5.74) is 1.77. The van der Waals surface area contributed by atoms with E-state index in [9.17, 15) is 24.1 Å². The van der Waals surface area contributed by atoms with Crippen molar-refractivity contribution in [1.82, 2.24) is 4.90 Å². The number of nitrogens with one attached hydrogen (secondary N) is 1. The molecule has 7 nitrogen and oxygen atoms in total. The number of hydrogen-bond donors (Lipinski definition) is 1. The van der Waals surface area contributed by atoms with E-state index in [0.29, 0.717) is 18.5 Å². The molecule has 0 spiro atoms. The zero-order chi connectivity index (χ0) is 20.4. The Morgan fingerprint density at radius 1 is 1.21 bits per heavy atom. The van der Waals surface area contributed by atoms with Gasteiger partial charge in [0.15, 0.2) is 5.78 Å². The second kappa shape index (κ2) is 7.75. The van der Waals surface area contributed by atoms with Crippen molar-refractivity contribution in [3.05, 3.63) is 69.0 Å². The average molecular weight is 385 g/mol. The first kappa shape index (κ1) is 19.5. The van der Waals surface area contributed by atoms with Crippen LogP contribution in [0.25, 0.3) is 0 Å². The van der Waals surface area contributed by atoms with Crippen LogP contribution in [-0.2, 0) is 11.3 Å². The lowest BCUT2D eigenvalue weighted by molar-refractivity contribution is -0.384. The number of halogens is 1. The van der Waals surface area contributed by atoms with Crippen molar-refractivity contribution in [2.75, 3.05) is 11.9 Å². The van der Waals surface area contributed by atoms with Gasteiger partial charge in [-0.3, -0.25) is 19.7 Å². The van der Waals surface area contributed by atoms with Gasteiger partial charge in [-0.1, -0.05) is 6.07 Å². The summed E-state index contributed by atoms with van der Waals surface area (Å²) in [5.74, 6) is -0.783. The highest BCUT2D eigenvalue weighted by molar-refractivity contribution is 5.95. The van der Waals surface area contributed by atoms with E-state index in [1.807, 2.05) is 0 Å². The Balaban J connectivity index is 1.99. The molecular weight excluding hydrogens is 365 g/mol. The molecule has 1 amide bonds. The molecular formula is C20H20FN3O4. The standard InChI is InChI=1S/C20H20FN3O4/c1-12(25)14-3-6-19(20(10-14)24(27)28)22-18-7-8-23(13(2)26)11-15-9-16(21)4-5-17(15)18/h3-6,9-10,18,22H,7-8,11H2,1-2H3. The minimum Gasteiger partial charge on any atom is -0.373 e. The van der Waals surface area contributed by atoms with Gasteiger partial charge in [-0.2, -0.15) is 0 Å². The predicted molar refractivity (Wildman–Crippen MR) is 102 cm³/mol. The smallest absolute Gasteiger partial charge is 0.293 e. The van der Waals surface area contributed by atoms with E-state index in [2.05, 4.69) is 5.32 Å². The zero-order valence-corrected chi connectivity index (χ0v) is 15.6. The summed E-state index contributed by atoms with van der Waals surface area (Å²) < 4.78 is 13.8. The van der Waals surface area contributed by atoms with Gasteiger partial charge in [0.1, 0.15) is 11.5 Å². The molecule has 2 aromatic carbocycles. The summed E-state index contributed by atoms with van der Waals surface area (Å²) in [7, 11) is 0. The van der Waals surface area contributed by atoms with Gasteiger partial charge < -0.3 is 10.2 Å². The molecule has 1 aliphatic heterocycles. The number of fused-ring (bicyclic) bond motifs is 1. The number of hydrogen-bond acceptors (Lipinski definition) is 5. The van der Waals surface area contributed by atoms with E-state index in [4.69, 9.17) is 0 Å². The zero-order valence-electron chi connectivity index (χ0n) is 15.6. The van der Waals surface area contributed by atoms with Crippen molar-refractivity contribution in [3.63, 3.8) is 0 Å². The minimum atomic E-state index is -0.543. The van der Waals surface area contributed by atoms with Crippen molar-refractivity contribution in [2.24, 2.45) is 0 Å². The van der Waals surface area contributed by atoms with Crippen LogP contribution in [0.2, 0.25) is 0 Å². The van der Waals surface area contributed by atoms with Crippen molar-refractivity contribution >= 4 is 23.1 Å². The molecule has 146 valence electrons. The van der Waals surface area contributed by atoms with Gasteiger partial charge in [-0.15, -0.1) is 0 Å². The number of amides is 1. The highest BCUT2D eigenvalue weighted by Crippen LogP contribution is 2.34. The normalized spacial score (nSPS) is 16.1. The van der Waals surface area contributed by atoms with E-state index in [1.54, 1.807) is 11.0 Å². The molecule has 0 saturated carbocycles. The van der Waals surface area contributed by atoms with Gasteiger partial charge in [0.05, 0.1) is 11.0 Å². The maximum Gasteiger partial charge on any atom is 0.293 e. The van der Waals surface area contributed by atoms with Crippen LogP contribution in [0.5, 0.6) is 0 Å². The second-order valence-electron chi connectivity index (χ2n) is 6.81. The molecule has 1 aliphatic rings. The highest BCUT2D eigenvalue weighted by Gasteiger charge is 2.26. The summed E-state index contributed by atoms with van der Waals surface area (Å²) in [6.07, 6.45) is 0.504. The lowest BCUT2D eigenvalue weighted by Gasteiger charge is -2.20. The van der Waals surface area contributed by atoms with Gasteiger partial charge in [0.25, 0.3) is 5.69 Å². The Kier molecular flexibility index (Phi) is 5.39. The number of anilines is 1. The molecule has 2 aromatic rings. The van der Waals surface area contributed by atoms with E-state index in [1.165, 1.54) is 44.2 Å². The summed E-state index contributed by atoms with van der Waals surface area (Å²) >= 11 is 0. The SMILES string of the molecule is CC(=O)c1ccc(NC2CCN(C(C)=O)Cc3cc(F)ccc32)c([N+](=O)[O-])c1. The van der Waals surface area contributed by atoms with E-state index in [0.717, 1.165) is 5.56 Å². The molecule has 0 fully saturated rings. The van der Waals surface area contributed by atoms with Gasteiger partial charge >= 0.3 is 0 Å². The molecule has 1 atom stereocenters. The largest absolute Gasteiger partial charge is 0.373 e. The topological polar surface area (TPSA) is 92.6 Å². The molecule has 0 saturated heterocycles. The monoisotopic (exact) mass is 385 g/mol. The summed E-state index contributed by atoms with van der Waals surface area (Å²) in [5, 5.41) is 14.6. The first-order valence-corrected chi connectivity index (χ1v) is 8.86. The van der Waals surface area contributed by atoms with Crippen molar-refractivity contribution < 1.29 is 18.9 Å². The second-order valence-corrected chi connectivity index (χ2v) is 6.81. The average Bonchev–Trinajstić information content (AvgIpc) is 2.81. The Hall–Kier alpha value is -3.29. The third kappa shape index (κ3) is 4.00. The maximum atomic E-state index is 13.8. The van der Waals surface area contributed by atoms with E-state index >= 15 is 0 Å². The third-order valence-electron chi connectivity index (χ3n) is 4.91. The minimum absolute atomic E-state index is 0.118. The molecule has 0 aromatic heterocycles. The molecule has 3 rings (SSSR count). The molecule has 8 heteroatoms. The Morgan fingerprint density at radius 3 is 2.61 bits per heavy atom. The lowest BCUT2D eigenvalue weighted by Crippen LogP contribution is -2.28. The van der Waals surface area contributed by atoms with Crippen LogP contribution in [0.3, 0.4) is 0 Å². The van der Waals surface area contributed by atoms with E-state index in [-0.39, 0.29) is 41.2 Å². The van der Waals surface area contributed by atoms with Crippen molar-refractivity contribution in [2.45, 2.75) is 32.9 Å². The number of ketones is 1.